The van der Waals surface area contributed by atoms with Crippen LogP contribution in [0.5, 0.6) is 0 Å². The summed E-state index contributed by atoms with van der Waals surface area (Å²) in [5, 5.41) is 7.56. The van der Waals surface area contributed by atoms with Gasteiger partial charge in [-0.3, -0.25) is 0 Å². The zero-order valence-corrected chi connectivity index (χ0v) is 16.3. The van der Waals surface area contributed by atoms with Crippen LogP contribution < -0.4 is 9.21 Å². The Balaban J connectivity index is 1.43. The van der Waals surface area contributed by atoms with E-state index in [1.54, 1.807) is 11.9 Å². The van der Waals surface area contributed by atoms with Gasteiger partial charge in [-0.15, -0.1) is 10.2 Å². The Bertz CT molecular complexity index is 947. The Morgan fingerprint density at radius 1 is 1.36 bits per heavy atom. The Hall–Kier alpha value is -2.33. The molecular formula is C17H16ClF2N5O2S. The van der Waals surface area contributed by atoms with E-state index < -0.39 is 12.3 Å². The molecule has 0 spiro atoms. The highest BCUT2D eigenvalue weighted by molar-refractivity contribution is 8.00. The minimum absolute atomic E-state index is 0.0931. The molecule has 0 amide bonds. The largest absolute Gasteiger partial charge is 0.431 e. The van der Waals surface area contributed by atoms with Crippen molar-refractivity contribution in [1.29, 1.82) is 0 Å². The van der Waals surface area contributed by atoms with Crippen LogP contribution in [-0.2, 0) is 0 Å². The zero-order chi connectivity index (χ0) is 19.7. The fourth-order valence-corrected chi connectivity index (χ4v) is 3.91. The van der Waals surface area contributed by atoms with E-state index in [0.717, 1.165) is 11.4 Å². The fourth-order valence-electron chi connectivity index (χ4n) is 2.84. The van der Waals surface area contributed by atoms with Gasteiger partial charge in [0.25, 0.3) is 17.8 Å². The third-order valence-electron chi connectivity index (χ3n) is 4.13. The highest BCUT2D eigenvalue weighted by atomic mass is 35.5. The topological polar surface area (TPSA) is 71.4 Å². The molecule has 28 heavy (non-hydrogen) atoms. The van der Waals surface area contributed by atoms with Crippen molar-refractivity contribution in [2.75, 3.05) is 28.0 Å². The van der Waals surface area contributed by atoms with Gasteiger partial charge in [0.05, 0.1) is 6.04 Å². The first kappa shape index (κ1) is 19.0. The standard InChI is InChI=1S/C17H16ClF2N5O2S/c1-2-28-25(11-5-3-4-10(18)6-11)12-7-24(8-12)17-21-13(9-26-17)15-22-23-16(27-15)14(19)20/h3-6,9,12,14H,2,7-8H2,1H3. The van der Waals surface area contributed by atoms with Crippen LogP contribution in [0, 0.1) is 0 Å². The predicted molar refractivity (Wildman–Crippen MR) is 103 cm³/mol. The van der Waals surface area contributed by atoms with E-state index in [-0.39, 0.29) is 17.6 Å². The van der Waals surface area contributed by atoms with Crippen molar-refractivity contribution in [1.82, 2.24) is 15.2 Å². The second-order valence-electron chi connectivity index (χ2n) is 6.04. The number of alkyl halides is 2. The number of anilines is 2. The quantitative estimate of drug-likeness (QED) is 0.503. The zero-order valence-electron chi connectivity index (χ0n) is 14.8. The molecule has 2 aromatic heterocycles. The maximum absolute atomic E-state index is 12.6. The van der Waals surface area contributed by atoms with Gasteiger partial charge in [0.15, 0.2) is 5.69 Å². The molecule has 0 radical (unpaired) electrons. The highest BCUT2D eigenvalue weighted by Crippen LogP contribution is 2.34. The van der Waals surface area contributed by atoms with E-state index >= 15 is 0 Å². The summed E-state index contributed by atoms with van der Waals surface area (Å²) < 4.78 is 37.7. The second kappa shape index (κ2) is 7.96. The second-order valence-corrected chi connectivity index (χ2v) is 7.71. The molecule has 3 aromatic rings. The van der Waals surface area contributed by atoms with Crippen molar-refractivity contribution >= 4 is 35.3 Å². The van der Waals surface area contributed by atoms with Gasteiger partial charge >= 0.3 is 6.43 Å². The monoisotopic (exact) mass is 427 g/mol. The van der Waals surface area contributed by atoms with E-state index in [1.165, 1.54) is 6.26 Å². The number of hydrogen-bond donors (Lipinski definition) is 0. The maximum atomic E-state index is 12.6. The number of nitrogens with zero attached hydrogens (tertiary/aromatic N) is 5. The molecule has 1 aliphatic heterocycles. The average molecular weight is 428 g/mol. The number of oxazole rings is 1. The van der Waals surface area contributed by atoms with E-state index in [0.29, 0.717) is 24.1 Å². The molecule has 7 nitrogen and oxygen atoms in total. The van der Waals surface area contributed by atoms with E-state index in [9.17, 15) is 8.78 Å². The fraction of sp³-hybridized carbons (Fsp3) is 0.353. The van der Waals surface area contributed by atoms with Crippen molar-refractivity contribution in [3.63, 3.8) is 0 Å². The van der Waals surface area contributed by atoms with Gasteiger partial charge < -0.3 is 18.0 Å². The van der Waals surface area contributed by atoms with E-state index in [4.69, 9.17) is 20.4 Å². The molecule has 1 saturated heterocycles. The molecule has 3 heterocycles. The Morgan fingerprint density at radius 3 is 2.86 bits per heavy atom. The first-order valence-corrected chi connectivity index (χ1v) is 9.87. The van der Waals surface area contributed by atoms with Gasteiger partial charge in [-0.2, -0.15) is 13.8 Å². The predicted octanol–water partition coefficient (Wildman–Crippen LogP) is 4.68. The lowest BCUT2D eigenvalue weighted by molar-refractivity contribution is 0.116. The smallest absolute Gasteiger partial charge is 0.314 e. The summed E-state index contributed by atoms with van der Waals surface area (Å²) in [5.74, 6) is 0.0947. The highest BCUT2D eigenvalue weighted by Gasteiger charge is 2.35. The third-order valence-corrected chi connectivity index (χ3v) is 5.41. The molecule has 0 N–H and O–H groups in total. The lowest BCUT2D eigenvalue weighted by Crippen LogP contribution is -2.58. The van der Waals surface area contributed by atoms with E-state index in [1.807, 2.05) is 29.2 Å². The molecule has 1 aromatic carbocycles. The lowest BCUT2D eigenvalue weighted by atomic mass is 10.1. The van der Waals surface area contributed by atoms with Crippen LogP contribution in [0.4, 0.5) is 20.5 Å². The van der Waals surface area contributed by atoms with Crippen molar-refractivity contribution < 1.29 is 17.6 Å². The summed E-state index contributed by atoms with van der Waals surface area (Å²) in [4.78, 5) is 6.22. The number of hydrogen-bond acceptors (Lipinski definition) is 8. The van der Waals surface area contributed by atoms with Gasteiger partial charge in [0.1, 0.15) is 6.26 Å². The molecule has 0 atom stereocenters. The summed E-state index contributed by atoms with van der Waals surface area (Å²) in [6.07, 6.45) is -1.50. The molecule has 4 rings (SSSR count). The van der Waals surface area contributed by atoms with Crippen LogP contribution >= 0.6 is 23.5 Å². The van der Waals surface area contributed by atoms with Crippen LogP contribution in [0.1, 0.15) is 19.2 Å². The summed E-state index contributed by atoms with van der Waals surface area (Å²) in [7, 11) is 0. The number of halogens is 3. The lowest BCUT2D eigenvalue weighted by Gasteiger charge is -2.44. The van der Waals surface area contributed by atoms with Gasteiger partial charge in [0.2, 0.25) is 0 Å². The number of rotatable bonds is 7. The summed E-state index contributed by atoms with van der Waals surface area (Å²) in [6, 6.07) is 8.37. The van der Waals surface area contributed by atoms with Crippen LogP contribution in [0.2, 0.25) is 5.02 Å². The van der Waals surface area contributed by atoms with Crippen LogP contribution in [0.25, 0.3) is 11.6 Å². The van der Waals surface area contributed by atoms with Crippen LogP contribution in [-0.4, -0.2) is 40.1 Å². The summed E-state index contributed by atoms with van der Waals surface area (Å²) in [6.45, 7) is 3.49. The Kier molecular flexibility index (Phi) is 5.40. The Morgan fingerprint density at radius 2 is 2.18 bits per heavy atom. The molecule has 1 fully saturated rings. The third kappa shape index (κ3) is 3.79. The van der Waals surface area contributed by atoms with Crippen molar-refractivity contribution in [2.24, 2.45) is 0 Å². The molecule has 11 heteroatoms. The number of aromatic nitrogens is 3. The molecule has 0 aliphatic carbocycles. The first-order chi connectivity index (χ1) is 13.5. The van der Waals surface area contributed by atoms with Gasteiger partial charge in [-0.25, -0.2) is 0 Å². The summed E-state index contributed by atoms with van der Waals surface area (Å²) in [5.41, 5.74) is 1.27. The SMILES string of the molecule is CCSN(c1cccc(Cl)c1)C1CN(c2nc(-c3nnc(C(F)F)o3)co2)C1. The van der Waals surface area contributed by atoms with Crippen molar-refractivity contribution in [3.05, 3.63) is 41.4 Å². The first-order valence-electron chi connectivity index (χ1n) is 8.55. The van der Waals surface area contributed by atoms with Gasteiger partial charge in [0, 0.05) is 29.6 Å². The van der Waals surface area contributed by atoms with Gasteiger partial charge in [-0.1, -0.05) is 24.6 Å². The molecule has 0 bridgehead atoms. The van der Waals surface area contributed by atoms with E-state index in [2.05, 4.69) is 26.4 Å². The van der Waals surface area contributed by atoms with Crippen LogP contribution in [0.3, 0.4) is 0 Å². The molecular weight excluding hydrogens is 412 g/mol. The Labute approximate surface area is 168 Å². The average Bonchev–Trinajstić information content (AvgIpc) is 3.29. The number of benzene rings is 1. The van der Waals surface area contributed by atoms with Crippen molar-refractivity contribution in [3.8, 4) is 11.6 Å². The molecule has 0 saturated carbocycles. The van der Waals surface area contributed by atoms with Gasteiger partial charge in [-0.05, 0) is 30.1 Å². The minimum Gasteiger partial charge on any atom is -0.431 e. The van der Waals surface area contributed by atoms with Crippen molar-refractivity contribution in [2.45, 2.75) is 19.4 Å². The molecule has 148 valence electrons. The normalized spacial score (nSPS) is 14.5. The summed E-state index contributed by atoms with van der Waals surface area (Å²) >= 11 is 7.84. The van der Waals surface area contributed by atoms with Crippen LogP contribution in [0.15, 0.2) is 39.4 Å². The molecule has 1 aliphatic rings. The maximum Gasteiger partial charge on any atom is 0.314 e. The molecule has 0 unspecified atom stereocenters. The minimum atomic E-state index is -2.82.